The van der Waals surface area contributed by atoms with E-state index in [9.17, 15) is 0 Å². The van der Waals surface area contributed by atoms with Crippen molar-refractivity contribution < 1.29 is 0 Å². The van der Waals surface area contributed by atoms with Gasteiger partial charge in [0.2, 0.25) is 0 Å². The summed E-state index contributed by atoms with van der Waals surface area (Å²) in [5.41, 5.74) is 1.42. The molecule has 0 aromatic carbocycles. The standard InChI is InChI=1S/C20H30N6/c1-2-4-16(5-3-1)14-25-10-8-20(9-11-25)12-17(20)13-21-18-6-7-19-23-22-15-26(19)24-18/h6-7,15-17H,1-5,8-14H2,(H,21,24). The van der Waals surface area contributed by atoms with Gasteiger partial charge in [0.1, 0.15) is 12.1 Å². The van der Waals surface area contributed by atoms with Gasteiger partial charge in [-0.05, 0) is 74.6 Å². The van der Waals surface area contributed by atoms with Crippen LogP contribution in [0.1, 0.15) is 51.4 Å². The molecule has 2 aliphatic carbocycles. The Morgan fingerprint density at radius 3 is 2.81 bits per heavy atom. The van der Waals surface area contributed by atoms with Gasteiger partial charge < -0.3 is 10.2 Å². The van der Waals surface area contributed by atoms with Crippen LogP contribution < -0.4 is 5.32 Å². The largest absolute Gasteiger partial charge is 0.368 e. The Morgan fingerprint density at radius 1 is 1.12 bits per heavy atom. The van der Waals surface area contributed by atoms with Crippen LogP contribution in [0.15, 0.2) is 18.5 Å². The van der Waals surface area contributed by atoms with E-state index in [-0.39, 0.29) is 0 Å². The first-order valence-corrected chi connectivity index (χ1v) is 10.4. The molecule has 1 N–H and O–H groups in total. The molecule has 1 atom stereocenters. The first-order chi connectivity index (χ1) is 12.8. The Bertz CT molecular complexity index is 742. The second kappa shape index (κ2) is 6.80. The van der Waals surface area contributed by atoms with E-state index in [2.05, 4.69) is 25.5 Å². The van der Waals surface area contributed by atoms with Gasteiger partial charge in [0.25, 0.3) is 0 Å². The second-order valence-electron chi connectivity index (χ2n) is 8.80. The molecule has 1 saturated heterocycles. The summed E-state index contributed by atoms with van der Waals surface area (Å²) in [7, 11) is 0. The minimum atomic E-state index is 0.622. The molecule has 1 unspecified atom stereocenters. The SMILES string of the molecule is c1cc2nncn2nc1NCC1CC12CCN(CC1CCCCC1)CC2. The average molecular weight is 355 g/mol. The summed E-state index contributed by atoms with van der Waals surface area (Å²) < 4.78 is 1.73. The van der Waals surface area contributed by atoms with Crippen molar-refractivity contribution in [2.24, 2.45) is 17.3 Å². The second-order valence-corrected chi connectivity index (χ2v) is 8.80. The van der Waals surface area contributed by atoms with Crippen LogP contribution in [0, 0.1) is 17.3 Å². The number of nitrogens with one attached hydrogen (secondary N) is 1. The van der Waals surface area contributed by atoms with E-state index >= 15 is 0 Å². The van der Waals surface area contributed by atoms with Crippen molar-refractivity contribution in [3.8, 4) is 0 Å². The Labute approximate surface area is 155 Å². The highest BCUT2D eigenvalue weighted by molar-refractivity contribution is 5.43. The van der Waals surface area contributed by atoms with Crippen molar-refractivity contribution in [2.75, 3.05) is 31.5 Å². The maximum Gasteiger partial charge on any atom is 0.177 e. The number of aromatic nitrogens is 4. The molecule has 3 heterocycles. The smallest absolute Gasteiger partial charge is 0.177 e. The highest BCUT2D eigenvalue weighted by atomic mass is 15.4. The van der Waals surface area contributed by atoms with Crippen LogP contribution in [0.25, 0.3) is 5.65 Å². The molecular weight excluding hydrogens is 324 g/mol. The zero-order valence-electron chi connectivity index (χ0n) is 15.6. The van der Waals surface area contributed by atoms with Crippen LogP contribution in [-0.4, -0.2) is 50.9 Å². The van der Waals surface area contributed by atoms with Gasteiger partial charge in [-0.1, -0.05) is 19.3 Å². The molecular formula is C20H30N6. The number of likely N-dealkylation sites (tertiary alicyclic amines) is 1. The number of piperidine rings is 1. The van der Waals surface area contributed by atoms with Crippen LogP contribution in [0.4, 0.5) is 5.82 Å². The molecule has 140 valence electrons. The van der Waals surface area contributed by atoms with Crippen molar-refractivity contribution in [2.45, 2.75) is 51.4 Å². The summed E-state index contributed by atoms with van der Waals surface area (Å²) in [4.78, 5) is 2.76. The fourth-order valence-electron chi connectivity index (χ4n) is 5.30. The molecule has 2 aromatic rings. The summed E-state index contributed by atoms with van der Waals surface area (Å²) in [6.45, 7) is 5.04. The molecule has 26 heavy (non-hydrogen) atoms. The molecule has 0 amide bonds. The minimum Gasteiger partial charge on any atom is -0.368 e. The van der Waals surface area contributed by atoms with E-state index in [1.54, 1.807) is 10.8 Å². The summed E-state index contributed by atoms with van der Waals surface area (Å²) in [6, 6.07) is 3.97. The lowest BCUT2D eigenvalue weighted by molar-refractivity contribution is 0.131. The Morgan fingerprint density at radius 2 is 1.96 bits per heavy atom. The molecule has 0 radical (unpaired) electrons. The van der Waals surface area contributed by atoms with Gasteiger partial charge in [0.05, 0.1) is 0 Å². The molecule has 2 saturated carbocycles. The Balaban J connectivity index is 1.09. The zero-order valence-corrected chi connectivity index (χ0v) is 15.6. The van der Waals surface area contributed by atoms with E-state index in [4.69, 9.17) is 0 Å². The topological polar surface area (TPSA) is 58.4 Å². The maximum absolute atomic E-state index is 4.52. The summed E-state index contributed by atoms with van der Waals surface area (Å²) in [5, 5.41) is 15.9. The first-order valence-electron chi connectivity index (χ1n) is 10.4. The number of hydrogen-bond donors (Lipinski definition) is 1. The molecule has 5 rings (SSSR count). The van der Waals surface area contributed by atoms with Gasteiger partial charge >= 0.3 is 0 Å². The Kier molecular flexibility index (Phi) is 4.31. The van der Waals surface area contributed by atoms with Crippen LogP contribution in [0.5, 0.6) is 0 Å². The first kappa shape index (κ1) is 16.5. The average Bonchev–Trinajstić information content (AvgIpc) is 3.13. The summed E-state index contributed by atoms with van der Waals surface area (Å²) >= 11 is 0. The van der Waals surface area contributed by atoms with Crippen LogP contribution in [0.3, 0.4) is 0 Å². The van der Waals surface area contributed by atoms with Crippen molar-refractivity contribution in [3.63, 3.8) is 0 Å². The zero-order chi connectivity index (χ0) is 17.4. The molecule has 1 aliphatic heterocycles. The molecule has 0 bridgehead atoms. The molecule has 6 nitrogen and oxygen atoms in total. The van der Waals surface area contributed by atoms with E-state index in [0.717, 1.165) is 29.8 Å². The third kappa shape index (κ3) is 3.31. The number of anilines is 1. The highest BCUT2D eigenvalue weighted by Crippen LogP contribution is 2.59. The lowest BCUT2D eigenvalue weighted by atomic mass is 9.86. The maximum atomic E-state index is 4.52. The van der Waals surface area contributed by atoms with Crippen molar-refractivity contribution >= 4 is 11.5 Å². The third-order valence-electron chi connectivity index (χ3n) is 7.14. The predicted octanol–water partition coefficient (Wildman–Crippen LogP) is 3.22. The quantitative estimate of drug-likeness (QED) is 0.893. The monoisotopic (exact) mass is 354 g/mol. The van der Waals surface area contributed by atoms with Crippen molar-refractivity contribution in [3.05, 3.63) is 18.5 Å². The van der Waals surface area contributed by atoms with Gasteiger partial charge in [-0.25, -0.2) is 0 Å². The number of hydrogen-bond acceptors (Lipinski definition) is 5. The number of nitrogens with zero attached hydrogens (tertiary/aromatic N) is 5. The lowest BCUT2D eigenvalue weighted by Crippen LogP contribution is -2.39. The number of fused-ring (bicyclic) bond motifs is 1. The molecule has 3 fully saturated rings. The summed E-state index contributed by atoms with van der Waals surface area (Å²) in [5.74, 6) is 2.72. The fraction of sp³-hybridized carbons (Fsp3) is 0.750. The van der Waals surface area contributed by atoms with E-state index in [1.165, 1.54) is 71.0 Å². The van der Waals surface area contributed by atoms with Gasteiger partial charge in [-0.2, -0.15) is 4.52 Å². The van der Waals surface area contributed by atoms with Gasteiger partial charge in [0, 0.05) is 13.1 Å². The molecule has 2 aromatic heterocycles. The van der Waals surface area contributed by atoms with Crippen molar-refractivity contribution in [1.82, 2.24) is 24.7 Å². The fourth-order valence-corrected chi connectivity index (χ4v) is 5.30. The molecule has 6 heteroatoms. The van der Waals surface area contributed by atoms with Gasteiger partial charge in [-0.15, -0.1) is 15.3 Å². The van der Waals surface area contributed by atoms with E-state index < -0.39 is 0 Å². The highest BCUT2D eigenvalue weighted by Gasteiger charge is 2.54. The number of rotatable bonds is 5. The van der Waals surface area contributed by atoms with E-state index in [1.807, 2.05) is 12.1 Å². The van der Waals surface area contributed by atoms with Gasteiger partial charge in [0.15, 0.2) is 5.65 Å². The third-order valence-corrected chi connectivity index (χ3v) is 7.14. The molecule has 3 aliphatic rings. The minimum absolute atomic E-state index is 0.622. The van der Waals surface area contributed by atoms with Crippen LogP contribution in [-0.2, 0) is 0 Å². The van der Waals surface area contributed by atoms with Gasteiger partial charge in [-0.3, -0.25) is 0 Å². The van der Waals surface area contributed by atoms with Crippen LogP contribution >= 0.6 is 0 Å². The predicted molar refractivity (Wildman–Crippen MR) is 102 cm³/mol. The lowest BCUT2D eigenvalue weighted by Gasteiger charge is -2.36. The van der Waals surface area contributed by atoms with E-state index in [0.29, 0.717) is 5.41 Å². The van der Waals surface area contributed by atoms with Crippen molar-refractivity contribution in [1.29, 1.82) is 0 Å². The molecule has 1 spiro atoms. The summed E-state index contributed by atoms with van der Waals surface area (Å²) in [6.07, 6.45) is 13.2. The normalized spacial score (nSPS) is 26.4. The van der Waals surface area contributed by atoms with Crippen LogP contribution in [0.2, 0.25) is 0 Å². The Hall–Kier alpha value is -1.69.